The van der Waals surface area contributed by atoms with Crippen molar-refractivity contribution in [3.63, 3.8) is 0 Å². The third kappa shape index (κ3) is 4.21. The molecule has 1 aliphatic heterocycles. The van der Waals surface area contributed by atoms with Gasteiger partial charge in [-0.2, -0.15) is 0 Å². The van der Waals surface area contributed by atoms with Gasteiger partial charge in [0, 0.05) is 24.8 Å². The molecule has 2 heterocycles. The number of nitrogens with one attached hydrogen (secondary N) is 1. The van der Waals surface area contributed by atoms with Gasteiger partial charge in [-0.3, -0.25) is 4.79 Å². The highest BCUT2D eigenvalue weighted by Crippen LogP contribution is 2.38. The average molecular weight is 372 g/mol. The molecule has 0 aliphatic carbocycles. The number of aromatic nitrogens is 2. The summed E-state index contributed by atoms with van der Waals surface area (Å²) in [5, 5.41) is 2.84. The number of hydrogen-bond acceptors (Lipinski definition) is 7. The molecule has 0 atom stereocenters. The first-order chi connectivity index (χ1) is 13.2. The van der Waals surface area contributed by atoms with E-state index in [1.54, 1.807) is 18.3 Å². The van der Waals surface area contributed by atoms with Crippen molar-refractivity contribution in [3.05, 3.63) is 35.8 Å². The van der Waals surface area contributed by atoms with Crippen molar-refractivity contribution in [3.8, 4) is 17.2 Å². The summed E-state index contributed by atoms with van der Waals surface area (Å²) in [6.45, 7) is 2.25. The Kier molecular flexibility index (Phi) is 5.95. The Hall–Kier alpha value is -3.03. The maximum atomic E-state index is 12.6. The van der Waals surface area contributed by atoms with E-state index in [2.05, 4.69) is 20.2 Å². The zero-order valence-corrected chi connectivity index (χ0v) is 15.8. The Morgan fingerprint density at radius 2 is 1.78 bits per heavy atom. The normalized spacial score (nSPS) is 13.4. The van der Waals surface area contributed by atoms with Crippen LogP contribution in [0.5, 0.6) is 17.2 Å². The van der Waals surface area contributed by atoms with Crippen LogP contribution in [0, 0.1) is 0 Å². The van der Waals surface area contributed by atoms with Crippen LogP contribution in [0.3, 0.4) is 0 Å². The van der Waals surface area contributed by atoms with Gasteiger partial charge in [0.2, 0.25) is 5.75 Å². The number of nitrogens with zero attached hydrogens (tertiary/aromatic N) is 3. The molecule has 3 rings (SSSR count). The molecule has 1 aliphatic rings. The minimum absolute atomic E-state index is 0.233. The number of amides is 1. The second-order valence-corrected chi connectivity index (χ2v) is 6.12. The third-order valence-electron chi connectivity index (χ3n) is 4.45. The van der Waals surface area contributed by atoms with E-state index < -0.39 is 0 Å². The minimum atomic E-state index is -0.274. The molecule has 27 heavy (non-hydrogen) atoms. The Morgan fingerprint density at radius 1 is 1.11 bits per heavy atom. The number of benzene rings is 1. The molecule has 2 aromatic rings. The number of hydrogen-bond donors (Lipinski definition) is 1. The van der Waals surface area contributed by atoms with Gasteiger partial charge in [0.1, 0.15) is 11.6 Å². The summed E-state index contributed by atoms with van der Waals surface area (Å²) in [6, 6.07) is 5.12. The highest BCUT2D eigenvalue weighted by molar-refractivity contribution is 5.95. The molecule has 1 N–H and O–H groups in total. The Bertz CT molecular complexity index is 781. The van der Waals surface area contributed by atoms with Crippen molar-refractivity contribution in [2.45, 2.75) is 19.4 Å². The molecule has 0 radical (unpaired) electrons. The van der Waals surface area contributed by atoms with Gasteiger partial charge in [0.15, 0.2) is 11.5 Å². The monoisotopic (exact) mass is 372 g/mol. The lowest BCUT2D eigenvalue weighted by atomic mass is 10.1. The molecule has 0 bridgehead atoms. The molecule has 0 unspecified atom stereocenters. The lowest BCUT2D eigenvalue weighted by Crippen LogP contribution is -2.25. The van der Waals surface area contributed by atoms with E-state index in [0.717, 1.165) is 18.9 Å². The fourth-order valence-electron chi connectivity index (χ4n) is 3.07. The minimum Gasteiger partial charge on any atom is -0.493 e. The Morgan fingerprint density at radius 3 is 2.37 bits per heavy atom. The highest BCUT2D eigenvalue weighted by Gasteiger charge is 2.18. The number of methoxy groups -OCH3 is 3. The maximum Gasteiger partial charge on any atom is 0.251 e. The molecule has 1 saturated heterocycles. The van der Waals surface area contributed by atoms with Gasteiger partial charge < -0.3 is 24.4 Å². The van der Waals surface area contributed by atoms with E-state index in [1.165, 1.54) is 34.2 Å². The van der Waals surface area contributed by atoms with Crippen LogP contribution in [0.1, 0.15) is 29.0 Å². The summed E-state index contributed by atoms with van der Waals surface area (Å²) in [5.74, 6) is 2.49. The van der Waals surface area contributed by atoms with E-state index in [0.29, 0.717) is 28.6 Å². The number of carbonyl (C=O) groups excluding carboxylic acids is 1. The largest absolute Gasteiger partial charge is 0.493 e. The van der Waals surface area contributed by atoms with Crippen LogP contribution >= 0.6 is 0 Å². The molecule has 144 valence electrons. The summed E-state index contributed by atoms with van der Waals surface area (Å²) in [5.41, 5.74) is 0.403. The first-order valence-corrected chi connectivity index (χ1v) is 8.81. The smallest absolute Gasteiger partial charge is 0.251 e. The van der Waals surface area contributed by atoms with Crippen LogP contribution in [0.15, 0.2) is 24.4 Å². The van der Waals surface area contributed by atoms with Crippen molar-refractivity contribution in [2.24, 2.45) is 0 Å². The predicted molar refractivity (Wildman–Crippen MR) is 101 cm³/mol. The lowest BCUT2D eigenvalue weighted by molar-refractivity contribution is 0.0949. The second-order valence-electron chi connectivity index (χ2n) is 6.12. The van der Waals surface area contributed by atoms with Gasteiger partial charge >= 0.3 is 0 Å². The number of carbonyl (C=O) groups is 1. The van der Waals surface area contributed by atoms with Gasteiger partial charge in [0.05, 0.1) is 27.9 Å². The summed E-state index contributed by atoms with van der Waals surface area (Å²) in [4.78, 5) is 23.6. The fraction of sp³-hybridized carbons (Fsp3) is 0.421. The van der Waals surface area contributed by atoms with Gasteiger partial charge in [-0.1, -0.05) is 0 Å². The standard InChI is InChI=1S/C19H24N4O4/c1-25-14-10-13(11-15(26-2)18(14)27-3)19(24)21-12-16-20-7-6-17(22-16)23-8-4-5-9-23/h6-7,10-11H,4-5,8-9,12H2,1-3H3,(H,21,24). The maximum absolute atomic E-state index is 12.6. The quantitative estimate of drug-likeness (QED) is 0.796. The zero-order chi connectivity index (χ0) is 19.2. The summed E-state index contributed by atoms with van der Waals surface area (Å²) in [7, 11) is 4.54. The van der Waals surface area contributed by atoms with Crippen molar-refractivity contribution in [2.75, 3.05) is 39.3 Å². The fourth-order valence-corrected chi connectivity index (χ4v) is 3.07. The molecular formula is C19H24N4O4. The highest BCUT2D eigenvalue weighted by atomic mass is 16.5. The van der Waals surface area contributed by atoms with Gasteiger partial charge in [-0.25, -0.2) is 9.97 Å². The van der Waals surface area contributed by atoms with Crippen LogP contribution in [-0.2, 0) is 6.54 Å². The molecule has 8 nitrogen and oxygen atoms in total. The van der Waals surface area contributed by atoms with E-state index in [4.69, 9.17) is 14.2 Å². The average Bonchev–Trinajstić information content (AvgIpc) is 3.26. The van der Waals surface area contributed by atoms with Crippen LogP contribution in [0.4, 0.5) is 5.82 Å². The van der Waals surface area contributed by atoms with E-state index >= 15 is 0 Å². The molecule has 1 aromatic carbocycles. The summed E-state index contributed by atoms with van der Waals surface area (Å²) < 4.78 is 15.9. The Labute approximate surface area is 158 Å². The molecule has 1 fully saturated rings. The first kappa shape index (κ1) is 18.8. The number of rotatable bonds is 7. The van der Waals surface area contributed by atoms with Crippen LogP contribution in [0.2, 0.25) is 0 Å². The molecular weight excluding hydrogens is 348 g/mol. The second kappa shape index (κ2) is 8.57. The van der Waals surface area contributed by atoms with Crippen LogP contribution in [0.25, 0.3) is 0 Å². The van der Waals surface area contributed by atoms with E-state index in [-0.39, 0.29) is 12.5 Å². The van der Waals surface area contributed by atoms with E-state index in [9.17, 15) is 4.79 Å². The lowest BCUT2D eigenvalue weighted by Gasteiger charge is -2.16. The third-order valence-corrected chi connectivity index (χ3v) is 4.45. The van der Waals surface area contributed by atoms with Gasteiger partial charge in [-0.05, 0) is 31.0 Å². The summed E-state index contributed by atoms with van der Waals surface area (Å²) >= 11 is 0. The Balaban J connectivity index is 1.71. The van der Waals surface area contributed by atoms with Gasteiger partial charge in [-0.15, -0.1) is 0 Å². The van der Waals surface area contributed by atoms with Gasteiger partial charge in [0.25, 0.3) is 5.91 Å². The zero-order valence-electron chi connectivity index (χ0n) is 15.8. The molecule has 1 aromatic heterocycles. The van der Waals surface area contributed by atoms with Crippen molar-refractivity contribution >= 4 is 11.7 Å². The number of anilines is 1. The van der Waals surface area contributed by atoms with E-state index in [1.807, 2.05) is 6.07 Å². The first-order valence-electron chi connectivity index (χ1n) is 8.81. The van der Waals surface area contributed by atoms with Crippen molar-refractivity contribution < 1.29 is 19.0 Å². The topological polar surface area (TPSA) is 85.8 Å². The van der Waals surface area contributed by atoms with Crippen LogP contribution < -0.4 is 24.4 Å². The predicted octanol–water partition coefficient (Wildman–Crippen LogP) is 2.03. The number of ether oxygens (including phenoxy) is 3. The molecule has 0 spiro atoms. The van der Waals surface area contributed by atoms with Crippen LogP contribution in [-0.4, -0.2) is 50.3 Å². The summed E-state index contributed by atoms with van der Waals surface area (Å²) in [6.07, 6.45) is 4.08. The molecule has 8 heteroatoms. The SMILES string of the molecule is COc1cc(C(=O)NCc2nccc(N3CCCC3)n2)cc(OC)c1OC. The van der Waals surface area contributed by atoms with Crippen molar-refractivity contribution in [1.82, 2.24) is 15.3 Å². The molecule has 1 amide bonds. The molecule has 0 saturated carbocycles. The van der Waals surface area contributed by atoms with Crippen molar-refractivity contribution in [1.29, 1.82) is 0 Å².